The highest BCUT2D eigenvalue weighted by atomic mass is 15.3. The smallest absolute Gasteiger partial charge is 0.165 e. The van der Waals surface area contributed by atoms with Crippen molar-refractivity contribution in [2.45, 2.75) is 6.92 Å². The van der Waals surface area contributed by atoms with Gasteiger partial charge in [-0.2, -0.15) is 0 Å². The van der Waals surface area contributed by atoms with Crippen molar-refractivity contribution in [1.82, 2.24) is 24.7 Å². The summed E-state index contributed by atoms with van der Waals surface area (Å²) in [6, 6.07) is 3.95. The topological polar surface area (TPSA) is 59.4 Å². The van der Waals surface area contributed by atoms with E-state index in [-0.39, 0.29) is 0 Å². The van der Waals surface area contributed by atoms with E-state index in [4.69, 9.17) is 0 Å². The quantitative estimate of drug-likeness (QED) is 0.668. The second-order valence-electron chi connectivity index (χ2n) is 3.73. The van der Waals surface area contributed by atoms with Gasteiger partial charge < -0.3 is 9.55 Å². The van der Waals surface area contributed by atoms with Crippen LogP contribution in [0.4, 0.5) is 0 Å². The van der Waals surface area contributed by atoms with Crippen LogP contribution in [-0.4, -0.2) is 24.7 Å². The molecule has 5 nitrogen and oxygen atoms in total. The molecule has 0 amide bonds. The number of pyridine rings is 1. The number of aryl methyl sites for hydroxylation is 1. The van der Waals surface area contributed by atoms with Crippen LogP contribution in [0.1, 0.15) is 5.82 Å². The molecule has 3 heterocycles. The molecule has 0 unspecified atom stereocenters. The number of fused-ring (bicyclic) bond motifs is 1. The van der Waals surface area contributed by atoms with Gasteiger partial charge in [-0.15, -0.1) is 10.2 Å². The molecule has 0 aliphatic rings. The molecular weight excluding hydrogens is 202 g/mol. The van der Waals surface area contributed by atoms with Crippen LogP contribution in [0, 0.1) is 6.92 Å². The molecule has 80 valence electrons. The fraction of sp³-hybridized carbons (Fsp3) is 0.182. The highest BCUT2D eigenvalue weighted by Crippen LogP contribution is 2.25. The first-order chi connectivity index (χ1) is 7.77. The van der Waals surface area contributed by atoms with Crippen LogP contribution in [0.15, 0.2) is 24.5 Å². The minimum Gasteiger partial charge on any atom is -0.345 e. The van der Waals surface area contributed by atoms with Crippen LogP contribution in [0.5, 0.6) is 0 Å². The summed E-state index contributed by atoms with van der Waals surface area (Å²) >= 11 is 0. The number of nitrogens with zero attached hydrogens (tertiary/aromatic N) is 4. The summed E-state index contributed by atoms with van der Waals surface area (Å²) in [5, 5.41) is 9.30. The summed E-state index contributed by atoms with van der Waals surface area (Å²) in [6.45, 7) is 1.93. The van der Waals surface area contributed by atoms with Gasteiger partial charge in [0.1, 0.15) is 11.5 Å². The molecule has 0 spiro atoms. The zero-order valence-electron chi connectivity index (χ0n) is 9.10. The summed E-state index contributed by atoms with van der Waals surface area (Å²) in [5.41, 5.74) is 1.91. The molecule has 16 heavy (non-hydrogen) atoms. The number of aromatic nitrogens is 5. The van der Waals surface area contributed by atoms with E-state index in [0.29, 0.717) is 0 Å². The van der Waals surface area contributed by atoms with Gasteiger partial charge in [-0.1, -0.05) is 0 Å². The van der Waals surface area contributed by atoms with Crippen LogP contribution in [0.2, 0.25) is 0 Å². The lowest BCUT2D eigenvalue weighted by atomic mass is 10.2. The van der Waals surface area contributed by atoms with Gasteiger partial charge in [0.15, 0.2) is 5.82 Å². The summed E-state index contributed by atoms with van der Waals surface area (Å²) in [5.74, 6) is 1.75. The van der Waals surface area contributed by atoms with Crippen molar-refractivity contribution in [2.75, 3.05) is 0 Å². The second-order valence-corrected chi connectivity index (χ2v) is 3.73. The Bertz CT molecular complexity index is 649. The Morgan fingerprint density at radius 3 is 2.94 bits per heavy atom. The highest BCUT2D eigenvalue weighted by Gasteiger charge is 2.12. The monoisotopic (exact) mass is 213 g/mol. The summed E-state index contributed by atoms with van der Waals surface area (Å²) in [6.07, 6.45) is 3.69. The second kappa shape index (κ2) is 3.16. The Hall–Kier alpha value is -2.17. The molecule has 0 saturated heterocycles. The van der Waals surface area contributed by atoms with E-state index in [0.717, 1.165) is 28.2 Å². The Labute approximate surface area is 92.2 Å². The zero-order chi connectivity index (χ0) is 11.1. The van der Waals surface area contributed by atoms with E-state index in [1.54, 1.807) is 6.20 Å². The highest BCUT2D eigenvalue weighted by molar-refractivity contribution is 5.91. The largest absolute Gasteiger partial charge is 0.345 e. The average molecular weight is 213 g/mol. The van der Waals surface area contributed by atoms with Crippen molar-refractivity contribution in [1.29, 1.82) is 0 Å². The lowest BCUT2D eigenvalue weighted by molar-refractivity contribution is 0.865. The minimum absolute atomic E-state index is 0.858. The van der Waals surface area contributed by atoms with Gasteiger partial charge >= 0.3 is 0 Å². The summed E-state index contributed by atoms with van der Waals surface area (Å²) in [4.78, 5) is 7.38. The summed E-state index contributed by atoms with van der Waals surface area (Å²) < 4.78 is 1.97. The average Bonchev–Trinajstić information content (AvgIpc) is 2.85. The van der Waals surface area contributed by atoms with Crippen LogP contribution in [0.3, 0.4) is 0 Å². The minimum atomic E-state index is 0.858. The molecule has 5 heteroatoms. The fourth-order valence-electron chi connectivity index (χ4n) is 1.78. The molecule has 0 aromatic carbocycles. The number of nitrogens with one attached hydrogen (secondary N) is 1. The Morgan fingerprint density at radius 2 is 2.19 bits per heavy atom. The van der Waals surface area contributed by atoms with Gasteiger partial charge in [0.2, 0.25) is 0 Å². The first-order valence-electron chi connectivity index (χ1n) is 5.06. The number of H-pyrrole nitrogens is 1. The van der Waals surface area contributed by atoms with Gasteiger partial charge in [-0.05, 0) is 19.1 Å². The zero-order valence-corrected chi connectivity index (χ0v) is 9.10. The van der Waals surface area contributed by atoms with E-state index in [2.05, 4.69) is 20.2 Å². The standard InChI is InChI=1S/C11H11N5/c1-7-14-15-11(16(7)2)9-6-13-10-8(9)4-3-5-12-10/h3-6H,1-2H3,(H,12,13). The molecule has 0 atom stereocenters. The van der Waals surface area contributed by atoms with Crippen molar-refractivity contribution in [3.8, 4) is 11.4 Å². The molecular formula is C11H11N5. The molecule has 0 saturated carbocycles. The van der Waals surface area contributed by atoms with Gasteiger partial charge in [0.25, 0.3) is 0 Å². The molecule has 3 aromatic rings. The van der Waals surface area contributed by atoms with E-state index in [1.807, 2.05) is 36.9 Å². The van der Waals surface area contributed by atoms with E-state index < -0.39 is 0 Å². The van der Waals surface area contributed by atoms with Crippen LogP contribution in [0.25, 0.3) is 22.4 Å². The maximum Gasteiger partial charge on any atom is 0.165 e. The number of rotatable bonds is 1. The predicted octanol–water partition coefficient (Wildman–Crippen LogP) is 1.67. The molecule has 1 N–H and O–H groups in total. The third-order valence-corrected chi connectivity index (χ3v) is 2.78. The predicted molar refractivity (Wildman–Crippen MR) is 60.8 cm³/mol. The van der Waals surface area contributed by atoms with Crippen LogP contribution < -0.4 is 0 Å². The van der Waals surface area contributed by atoms with Gasteiger partial charge in [0.05, 0.1) is 0 Å². The lowest BCUT2D eigenvalue weighted by Gasteiger charge is -1.99. The Balaban J connectivity index is 2.30. The lowest BCUT2D eigenvalue weighted by Crippen LogP contribution is -1.94. The van der Waals surface area contributed by atoms with E-state index in [9.17, 15) is 0 Å². The third kappa shape index (κ3) is 1.14. The Morgan fingerprint density at radius 1 is 1.31 bits per heavy atom. The van der Waals surface area contributed by atoms with E-state index in [1.165, 1.54) is 0 Å². The van der Waals surface area contributed by atoms with Crippen molar-refractivity contribution in [3.05, 3.63) is 30.4 Å². The Kier molecular flexibility index (Phi) is 1.80. The fourth-order valence-corrected chi connectivity index (χ4v) is 1.78. The van der Waals surface area contributed by atoms with Crippen molar-refractivity contribution in [3.63, 3.8) is 0 Å². The van der Waals surface area contributed by atoms with Crippen molar-refractivity contribution >= 4 is 11.0 Å². The molecule has 0 bridgehead atoms. The van der Waals surface area contributed by atoms with Gasteiger partial charge in [-0.3, -0.25) is 0 Å². The van der Waals surface area contributed by atoms with Crippen molar-refractivity contribution < 1.29 is 0 Å². The van der Waals surface area contributed by atoms with Crippen LogP contribution in [-0.2, 0) is 7.05 Å². The number of hydrogen-bond acceptors (Lipinski definition) is 3. The molecule has 0 aliphatic carbocycles. The normalized spacial score (nSPS) is 11.1. The van der Waals surface area contributed by atoms with Crippen LogP contribution >= 0.6 is 0 Å². The SMILES string of the molecule is Cc1nnc(-c2c[nH]c3ncccc23)n1C. The van der Waals surface area contributed by atoms with Gasteiger partial charge in [-0.25, -0.2) is 4.98 Å². The first-order valence-corrected chi connectivity index (χ1v) is 5.06. The first kappa shape index (κ1) is 9.08. The molecule has 3 rings (SSSR count). The molecule has 0 fully saturated rings. The van der Waals surface area contributed by atoms with E-state index >= 15 is 0 Å². The maximum absolute atomic E-state index is 4.25. The maximum atomic E-state index is 4.25. The molecule has 0 aliphatic heterocycles. The third-order valence-electron chi connectivity index (χ3n) is 2.78. The summed E-state index contributed by atoms with van der Waals surface area (Å²) in [7, 11) is 1.96. The molecule has 3 aromatic heterocycles. The number of aromatic amines is 1. The molecule has 0 radical (unpaired) electrons. The number of hydrogen-bond donors (Lipinski definition) is 1. The van der Waals surface area contributed by atoms with Crippen molar-refractivity contribution in [2.24, 2.45) is 7.05 Å². The van der Waals surface area contributed by atoms with Gasteiger partial charge in [0, 0.05) is 30.4 Å².